The summed E-state index contributed by atoms with van der Waals surface area (Å²) in [5.74, 6) is -0.0980. The topological polar surface area (TPSA) is 46.2 Å². The van der Waals surface area contributed by atoms with Crippen molar-refractivity contribution >= 4 is 17.4 Å². The molecule has 1 N–H and O–H groups in total. The van der Waals surface area contributed by atoms with E-state index in [9.17, 15) is 9.59 Å². The first-order valence-corrected chi connectivity index (χ1v) is 5.30. The van der Waals surface area contributed by atoms with Gasteiger partial charge in [-0.2, -0.15) is 0 Å². The van der Waals surface area contributed by atoms with Gasteiger partial charge in [-0.1, -0.05) is 12.6 Å². The molecule has 1 aromatic carbocycles. The minimum Gasteiger partial charge on any atom is -0.323 e. The van der Waals surface area contributed by atoms with Crippen molar-refractivity contribution in [3.05, 3.63) is 42.0 Å². The van der Waals surface area contributed by atoms with Crippen molar-refractivity contribution in [3.63, 3.8) is 0 Å². The van der Waals surface area contributed by atoms with Gasteiger partial charge in [0, 0.05) is 17.7 Å². The second-order valence-corrected chi connectivity index (χ2v) is 3.84. The molecule has 0 saturated heterocycles. The highest BCUT2D eigenvalue weighted by Crippen LogP contribution is 2.24. The smallest absolute Gasteiger partial charge is 0.247 e. The number of Topliss-reactive ketones (excluding diaryl/α,β-unsaturated/α-hetero) is 1. The van der Waals surface area contributed by atoms with Crippen LogP contribution in [0.25, 0.3) is 0 Å². The Morgan fingerprint density at radius 1 is 1.38 bits per heavy atom. The van der Waals surface area contributed by atoms with Gasteiger partial charge in [-0.05, 0) is 36.6 Å². The second-order valence-electron chi connectivity index (χ2n) is 3.84. The number of hydrogen-bond acceptors (Lipinski definition) is 2. The minimum absolute atomic E-state index is 0.163. The van der Waals surface area contributed by atoms with Crippen molar-refractivity contribution in [2.24, 2.45) is 0 Å². The van der Waals surface area contributed by atoms with Crippen LogP contribution in [0, 0.1) is 0 Å². The fourth-order valence-corrected chi connectivity index (χ4v) is 1.90. The van der Waals surface area contributed by atoms with Gasteiger partial charge in [0.05, 0.1) is 0 Å². The minimum atomic E-state index is -0.261. The summed E-state index contributed by atoms with van der Waals surface area (Å²) in [6.45, 7) is 3.38. The van der Waals surface area contributed by atoms with Crippen LogP contribution >= 0.6 is 0 Å². The molecule has 2 rings (SSSR count). The molecule has 16 heavy (non-hydrogen) atoms. The average molecular weight is 215 g/mol. The lowest BCUT2D eigenvalue weighted by Gasteiger charge is -2.15. The number of aryl methyl sites for hydroxylation is 1. The van der Waals surface area contributed by atoms with Gasteiger partial charge in [-0.25, -0.2) is 0 Å². The lowest BCUT2D eigenvalue weighted by molar-refractivity contribution is -0.111. The van der Waals surface area contributed by atoms with Crippen molar-refractivity contribution in [1.29, 1.82) is 0 Å². The third-order valence-electron chi connectivity index (χ3n) is 2.71. The summed E-state index contributed by atoms with van der Waals surface area (Å²) in [7, 11) is 0. The van der Waals surface area contributed by atoms with Gasteiger partial charge >= 0.3 is 0 Å². The van der Waals surface area contributed by atoms with Crippen molar-refractivity contribution < 1.29 is 9.59 Å². The maximum Gasteiger partial charge on any atom is 0.247 e. The summed E-state index contributed by atoms with van der Waals surface area (Å²) in [5, 5.41) is 2.65. The van der Waals surface area contributed by atoms with Gasteiger partial charge in [0.15, 0.2) is 5.78 Å². The fraction of sp³-hybridized carbons (Fsp3) is 0.231. The molecule has 1 aliphatic rings. The van der Waals surface area contributed by atoms with Gasteiger partial charge in [-0.3, -0.25) is 9.59 Å². The van der Waals surface area contributed by atoms with Crippen LogP contribution in [0.4, 0.5) is 5.69 Å². The Morgan fingerprint density at radius 3 is 2.94 bits per heavy atom. The molecule has 0 heterocycles. The molecule has 0 aromatic heterocycles. The van der Waals surface area contributed by atoms with Crippen molar-refractivity contribution in [3.8, 4) is 0 Å². The average Bonchev–Trinajstić information content (AvgIpc) is 2.30. The van der Waals surface area contributed by atoms with E-state index in [-0.39, 0.29) is 11.7 Å². The van der Waals surface area contributed by atoms with E-state index in [4.69, 9.17) is 0 Å². The van der Waals surface area contributed by atoms with E-state index in [2.05, 4.69) is 11.9 Å². The number of ketones is 1. The zero-order valence-electron chi connectivity index (χ0n) is 8.95. The Labute approximate surface area is 94.2 Å². The number of fused-ring (bicyclic) bond motifs is 1. The highest BCUT2D eigenvalue weighted by atomic mass is 16.1. The van der Waals surface area contributed by atoms with E-state index < -0.39 is 0 Å². The molecular weight excluding hydrogens is 202 g/mol. The molecule has 3 heteroatoms. The van der Waals surface area contributed by atoms with Gasteiger partial charge in [0.1, 0.15) is 0 Å². The van der Waals surface area contributed by atoms with Crippen LogP contribution in [0.1, 0.15) is 28.8 Å². The number of amides is 1. The van der Waals surface area contributed by atoms with E-state index in [1.54, 1.807) is 6.07 Å². The molecule has 0 atom stereocenters. The molecule has 0 fully saturated rings. The predicted molar refractivity (Wildman–Crippen MR) is 62.5 cm³/mol. The number of nitrogens with one attached hydrogen (secondary N) is 1. The number of hydrogen-bond donors (Lipinski definition) is 1. The molecule has 1 aliphatic carbocycles. The van der Waals surface area contributed by atoms with Crippen LogP contribution in [-0.4, -0.2) is 11.7 Å². The SMILES string of the molecule is C=CC(=O)Nc1ccc2c(c1)C(=O)CCC2. The van der Waals surface area contributed by atoms with E-state index >= 15 is 0 Å². The van der Waals surface area contributed by atoms with E-state index in [1.807, 2.05) is 12.1 Å². The van der Waals surface area contributed by atoms with Crippen molar-refractivity contribution in [1.82, 2.24) is 0 Å². The highest BCUT2D eigenvalue weighted by Gasteiger charge is 2.17. The quantitative estimate of drug-likeness (QED) is 0.769. The maximum absolute atomic E-state index is 11.7. The number of carbonyl (C=O) groups is 2. The van der Waals surface area contributed by atoms with Gasteiger partial charge < -0.3 is 5.32 Å². The van der Waals surface area contributed by atoms with E-state index in [0.717, 1.165) is 24.0 Å². The Balaban J connectivity index is 2.30. The zero-order valence-corrected chi connectivity index (χ0v) is 8.95. The number of rotatable bonds is 2. The molecule has 0 bridgehead atoms. The van der Waals surface area contributed by atoms with Crippen molar-refractivity contribution in [2.75, 3.05) is 5.32 Å². The van der Waals surface area contributed by atoms with Crippen LogP contribution in [0.3, 0.4) is 0 Å². The highest BCUT2D eigenvalue weighted by molar-refractivity contribution is 6.02. The number of benzene rings is 1. The first-order chi connectivity index (χ1) is 7.70. The molecule has 1 aromatic rings. The van der Waals surface area contributed by atoms with Crippen LogP contribution in [0.5, 0.6) is 0 Å². The lowest BCUT2D eigenvalue weighted by Crippen LogP contribution is -2.13. The predicted octanol–water partition coefficient (Wildman–Crippen LogP) is 2.33. The molecular formula is C13H13NO2. The first-order valence-electron chi connectivity index (χ1n) is 5.30. The fourth-order valence-electron chi connectivity index (χ4n) is 1.90. The Kier molecular flexibility index (Phi) is 2.86. The molecule has 82 valence electrons. The van der Waals surface area contributed by atoms with Crippen LogP contribution in [0.2, 0.25) is 0 Å². The van der Waals surface area contributed by atoms with Crippen LogP contribution in [0.15, 0.2) is 30.9 Å². The van der Waals surface area contributed by atoms with E-state index in [1.165, 1.54) is 6.08 Å². The maximum atomic E-state index is 11.7. The Hall–Kier alpha value is -1.90. The lowest BCUT2D eigenvalue weighted by atomic mass is 9.90. The Morgan fingerprint density at radius 2 is 2.19 bits per heavy atom. The third-order valence-corrected chi connectivity index (χ3v) is 2.71. The molecule has 0 aliphatic heterocycles. The Bertz CT molecular complexity index is 463. The summed E-state index contributed by atoms with van der Waals surface area (Å²) in [4.78, 5) is 22.8. The summed E-state index contributed by atoms with van der Waals surface area (Å²) < 4.78 is 0. The number of anilines is 1. The van der Waals surface area contributed by atoms with Crippen LogP contribution < -0.4 is 5.32 Å². The van der Waals surface area contributed by atoms with Gasteiger partial charge in [-0.15, -0.1) is 0 Å². The molecule has 0 spiro atoms. The first kappa shape index (κ1) is 10.6. The molecule has 0 saturated carbocycles. The number of carbonyl (C=O) groups excluding carboxylic acids is 2. The molecule has 1 amide bonds. The molecule has 3 nitrogen and oxygen atoms in total. The van der Waals surface area contributed by atoms with Gasteiger partial charge in [0.25, 0.3) is 0 Å². The van der Waals surface area contributed by atoms with Crippen LogP contribution in [-0.2, 0) is 11.2 Å². The standard InChI is InChI=1S/C13H13NO2/c1-2-13(16)14-10-7-6-9-4-3-5-12(15)11(9)8-10/h2,6-8H,1,3-5H2,(H,14,16). The van der Waals surface area contributed by atoms with Crippen molar-refractivity contribution in [2.45, 2.75) is 19.3 Å². The monoisotopic (exact) mass is 215 g/mol. The van der Waals surface area contributed by atoms with Gasteiger partial charge in [0.2, 0.25) is 5.91 Å². The summed E-state index contributed by atoms with van der Waals surface area (Å²) in [5.41, 5.74) is 2.47. The summed E-state index contributed by atoms with van der Waals surface area (Å²) >= 11 is 0. The molecule has 0 unspecified atom stereocenters. The summed E-state index contributed by atoms with van der Waals surface area (Å²) in [6, 6.07) is 5.47. The summed E-state index contributed by atoms with van der Waals surface area (Å²) in [6.07, 6.45) is 3.67. The van der Waals surface area contributed by atoms with E-state index in [0.29, 0.717) is 12.1 Å². The largest absolute Gasteiger partial charge is 0.323 e. The third kappa shape index (κ3) is 2.03. The molecule has 0 radical (unpaired) electrons. The zero-order chi connectivity index (χ0) is 11.5. The normalized spacial score (nSPS) is 14.1. The second kappa shape index (κ2) is 4.31.